The Labute approximate surface area is 118 Å². The highest BCUT2D eigenvalue weighted by Crippen LogP contribution is 2.31. The lowest BCUT2D eigenvalue weighted by molar-refractivity contribution is 0.627. The number of benzene rings is 1. The summed E-state index contributed by atoms with van der Waals surface area (Å²) in [7, 11) is 0. The summed E-state index contributed by atoms with van der Waals surface area (Å²) in [5.74, 6) is -0.178. The van der Waals surface area contributed by atoms with E-state index in [0.717, 1.165) is 22.2 Å². The molecule has 0 saturated heterocycles. The topological polar surface area (TPSA) is 12.0 Å². The minimum atomic E-state index is -0.178. The number of nitrogens with one attached hydrogen (secondary N) is 1. The lowest BCUT2D eigenvalue weighted by Crippen LogP contribution is -2.10. The third kappa shape index (κ3) is 3.26. The van der Waals surface area contributed by atoms with Crippen LogP contribution < -0.4 is 5.32 Å². The van der Waals surface area contributed by atoms with Gasteiger partial charge in [-0.25, -0.2) is 4.39 Å². The molecule has 2 rings (SSSR count). The molecule has 0 bridgehead atoms. The monoisotopic (exact) mass is 361 g/mol. The van der Waals surface area contributed by atoms with Crippen LogP contribution >= 0.6 is 33.9 Å². The average Bonchev–Trinajstić information content (AvgIpc) is 2.75. The molecular formula is C13H13FINS. The van der Waals surface area contributed by atoms with Crippen LogP contribution in [0.1, 0.15) is 11.8 Å². The molecule has 4 heteroatoms. The van der Waals surface area contributed by atoms with E-state index in [4.69, 9.17) is 0 Å². The summed E-state index contributed by atoms with van der Waals surface area (Å²) in [4.78, 5) is 2.50. The Balaban J connectivity index is 2.24. The molecule has 0 unspecified atom stereocenters. The Bertz CT molecular complexity index is 510. The van der Waals surface area contributed by atoms with Crippen molar-refractivity contribution in [3.05, 3.63) is 44.6 Å². The van der Waals surface area contributed by atoms with Gasteiger partial charge in [-0.3, -0.25) is 0 Å². The summed E-state index contributed by atoms with van der Waals surface area (Å²) >= 11 is 3.93. The standard InChI is InChI=1S/C13H13FINS/c1-2-16-8-10-4-6-13(17-10)11-5-3-9(14)7-12(11)15/h3-7,16H,2,8H2,1H3. The van der Waals surface area contributed by atoms with E-state index in [9.17, 15) is 4.39 Å². The summed E-state index contributed by atoms with van der Waals surface area (Å²) < 4.78 is 14.0. The van der Waals surface area contributed by atoms with E-state index in [-0.39, 0.29) is 5.82 Å². The zero-order chi connectivity index (χ0) is 12.3. The van der Waals surface area contributed by atoms with Crippen molar-refractivity contribution >= 4 is 33.9 Å². The third-order valence-electron chi connectivity index (χ3n) is 2.41. The summed E-state index contributed by atoms with van der Waals surface area (Å²) in [6.07, 6.45) is 0. The van der Waals surface area contributed by atoms with Gasteiger partial charge in [-0.2, -0.15) is 0 Å². The number of rotatable bonds is 4. The van der Waals surface area contributed by atoms with Crippen molar-refractivity contribution in [2.45, 2.75) is 13.5 Å². The van der Waals surface area contributed by atoms with Crippen molar-refractivity contribution in [1.82, 2.24) is 5.32 Å². The van der Waals surface area contributed by atoms with E-state index in [1.54, 1.807) is 17.4 Å². The second kappa shape index (κ2) is 5.93. The van der Waals surface area contributed by atoms with Gasteiger partial charge in [-0.15, -0.1) is 11.3 Å². The maximum absolute atomic E-state index is 13.0. The van der Waals surface area contributed by atoms with Crippen LogP contribution in [-0.4, -0.2) is 6.54 Å². The first-order chi connectivity index (χ1) is 8.20. The highest BCUT2D eigenvalue weighted by atomic mass is 127. The summed E-state index contributed by atoms with van der Waals surface area (Å²) in [5, 5.41) is 3.30. The molecule has 0 atom stereocenters. The molecule has 0 radical (unpaired) electrons. The molecule has 1 aromatic heterocycles. The van der Waals surface area contributed by atoms with E-state index >= 15 is 0 Å². The molecule has 0 fully saturated rings. The molecular weight excluding hydrogens is 348 g/mol. The lowest BCUT2D eigenvalue weighted by Gasteiger charge is -2.01. The normalized spacial score (nSPS) is 10.8. The summed E-state index contributed by atoms with van der Waals surface area (Å²) in [5.41, 5.74) is 1.11. The van der Waals surface area contributed by atoms with Gasteiger partial charge < -0.3 is 5.32 Å². The van der Waals surface area contributed by atoms with Crippen LogP contribution in [0.15, 0.2) is 30.3 Å². The smallest absolute Gasteiger partial charge is 0.124 e. The second-order valence-corrected chi connectivity index (χ2v) is 6.00. The number of hydrogen-bond acceptors (Lipinski definition) is 2. The highest BCUT2D eigenvalue weighted by molar-refractivity contribution is 14.1. The molecule has 1 heterocycles. The van der Waals surface area contributed by atoms with Gasteiger partial charge >= 0.3 is 0 Å². The van der Waals surface area contributed by atoms with E-state index < -0.39 is 0 Å². The van der Waals surface area contributed by atoms with Crippen molar-refractivity contribution in [2.24, 2.45) is 0 Å². The number of hydrogen-bond donors (Lipinski definition) is 1. The van der Waals surface area contributed by atoms with Gasteiger partial charge in [0, 0.05) is 25.4 Å². The Morgan fingerprint density at radius 2 is 2.12 bits per heavy atom. The molecule has 17 heavy (non-hydrogen) atoms. The molecule has 1 aromatic carbocycles. The van der Waals surface area contributed by atoms with Crippen molar-refractivity contribution in [3.8, 4) is 10.4 Å². The fraction of sp³-hybridized carbons (Fsp3) is 0.231. The molecule has 0 amide bonds. The van der Waals surface area contributed by atoms with Gasteiger partial charge in [-0.1, -0.05) is 6.92 Å². The molecule has 1 N–H and O–H groups in total. The molecule has 0 saturated carbocycles. The largest absolute Gasteiger partial charge is 0.312 e. The van der Waals surface area contributed by atoms with Crippen molar-refractivity contribution in [3.63, 3.8) is 0 Å². The number of halogens is 2. The van der Waals surface area contributed by atoms with Gasteiger partial charge in [0.2, 0.25) is 0 Å². The second-order valence-electron chi connectivity index (χ2n) is 3.67. The van der Waals surface area contributed by atoms with Crippen molar-refractivity contribution in [2.75, 3.05) is 6.54 Å². The van der Waals surface area contributed by atoms with E-state index in [0.29, 0.717) is 0 Å². The van der Waals surface area contributed by atoms with Gasteiger partial charge in [0.25, 0.3) is 0 Å². The molecule has 0 aliphatic rings. The van der Waals surface area contributed by atoms with Crippen LogP contribution in [-0.2, 0) is 6.54 Å². The summed E-state index contributed by atoms with van der Waals surface area (Å²) in [6.45, 7) is 3.97. The Hall–Kier alpha value is -0.460. The first-order valence-electron chi connectivity index (χ1n) is 5.45. The maximum atomic E-state index is 13.0. The SMILES string of the molecule is CCNCc1ccc(-c2ccc(F)cc2I)s1. The van der Waals surface area contributed by atoms with Gasteiger partial charge in [-0.05, 0) is 59.5 Å². The zero-order valence-corrected chi connectivity index (χ0v) is 12.4. The molecule has 0 aliphatic heterocycles. The Kier molecular flexibility index (Phi) is 4.53. The summed E-state index contributed by atoms with van der Waals surface area (Å²) in [6, 6.07) is 9.16. The van der Waals surface area contributed by atoms with Gasteiger partial charge in [0.1, 0.15) is 5.82 Å². The molecule has 1 nitrogen and oxygen atoms in total. The fourth-order valence-electron chi connectivity index (χ4n) is 1.56. The fourth-order valence-corrected chi connectivity index (χ4v) is 3.52. The van der Waals surface area contributed by atoms with E-state index in [1.807, 2.05) is 6.07 Å². The van der Waals surface area contributed by atoms with E-state index in [2.05, 4.69) is 47.0 Å². The zero-order valence-electron chi connectivity index (χ0n) is 9.47. The minimum absolute atomic E-state index is 0.178. The Morgan fingerprint density at radius 3 is 2.82 bits per heavy atom. The van der Waals surface area contributed by atoms with Crippen LogP contribution in [0.5, 0.6) is 0 Å². The lowest BCUT2D eigenvalue weighted by atomic mass is 10.2. The quantitative estimate of drug-likeness (QED) is 0.803. The van der Waals surface area contributed by atoms with E-state index in [1.165, 1.54) is 15.8 Å². The minimum Gasteiger partial charge on any atom is -0.312 e. The first kappa shape index (κ1) is 13.0. The molecule has 90 valence electrons. The third-order valence-corrected chi connectivity index (χ3v) is 4.42. The molecule has 2 aromatic rings. The predicted molar refractivity (Wildman–Crippen MR) is 79.8 cm³/mol. The van der Waals surface area contributed by atoms with Crippen LogP contribution in [0.25, 0.3) is 10.4 Å². The predicted octanol–water partition coefficient (Wildman–Crippen LogP) is 4.27. The first-order valence-corrected chi connectivity index (χ1v) is 7.35. The Morgan fingerprint density at radius 1 is 1.29 bits per heavy atom. The highest BCUT2D eigenvalue weighted by Gasteiger charge is 2.07. The van der Waals surface area contributed by atoms with Crippen LogP contribution in [0.4, 0.5) is 4.39 Å². The van der Waals surface area contributed by atoms with Crippen LogP contribution in [0.3, 0.4) is 0 Å². The number of thiophene rings is 1. The van der Waals surface area contributed by atoms with Gasteiger partial charge in [0.15, 0.2) is 0 Å². The van der Waals surface area contributed by atoms with Gasteiger partial charge in [0.05, 0.1) is 0 Å². The van der Waals surface area contributed by atoms with Crippen molar-refractivity contribution < 1.29 is 4.39 Å². The van der Waals surface area contributed by atoms with Crippen molar-refractivity contribution in [1.29, 1.82) is 0 Å². The maximum Gasteiger partial charge on any atom is 0.124 e. The van der Waals surface area contributed by atoms with Crippen LogP contribution in [0.2, 0.25) is 0 Å². The molecule has 0 aliphatic carbocycles. The average molecular weight is 361 g/mol. The van der Waals surface area contributed by atoms with Crippen LogP contribution in [0, 0.1) is 9.39 Å². The molecule has 0 spiro atoms.